The molecule has 3 atom stereocenters. The molecular weight excluding hydrogens is 218 g/mol. The Labute approximate surface area is 103 Å². The average molecular weight is 241 g/mol. The first-order valence-electron chi connectivity index (χ1n) is 6.87. The minimum absolute atomic E-state index is 0.0318. The molecule has 1 aliphatic heterocycles. The Morgan fingerprint density at radius 2 is 1.82 bits per heavy atom. The highest BCUT2D eigenvalue weighted by atomic mass is 16.5. The molecule has 1 aliphatic carbocycles. The Bertz CT molecular complexity index is 251. The van der Waals surface area contributed by atoms with Crippen LogP contribution in [0.1, 0.15) is 51.4 Å². The molecule has 1 saturated carbocycles. The molecule has 2 aliphatic rings. The van der Waals surface area contributed by atoms with Gasteiger partial charge in [-0.05, 0) is 32.1 Å². The van der Waals surface area contributed by atoms with Gasteiger partial charge >= 0.3 is 0 Å². The largest absolute Gasteiger partial charge is 0.391 e. The molecule has 4 nitrogen and oxygen atoms in total. The summed E-state index contributed by atoms with van der Waals surface area (Å²) in [6, 6.07) is -0.0736. The third kappa shape index (κ3) is 3.68. The first-order valence-corrected chi connectivity index (χ1v) is 6.87. The molecule has 1 amide bonds. The molecule has 0 aromatic heterocycles. The van der Waals surface area contributed by atoms with E-state index in [1.807, 2.05) is 0 Å². The van der Waals surface area contributed by atoms with Gasteiger partial charge in [-0.25, -0.2) is 0 Å². The van der Waals surface area contributed by atoms with Crippen LogP contribution >= 0.6 is 0 Å². The van der Waals surface area contributed by atoms with Gasteiger partial charge < -0.3 is 15.2 Å². The molecule has 0 aromatic carbocycles. The predicted octanol–water partition coefficient (Wildman–Crippen LogP) is 1.37. The SMILES string of the molecule is O=C(NC1CCCCCC1O)C1CCCCO1. The summed E-state index contributed by atoms with van der Waals surface area (Å²) in [5.74, 6) is -0.0318. The first kappa shape index (κ1) is 12.8. The number of amides is 1. The molecule has 0 spiro atoms. The maximum Gasteiger partial charge on any atom is 0.249 e. The third-order valence-corrected chi connectivity index (χ3v) is 3.78. The lowest BCUT2D eigenvalue weighted by Crippen LogP contribution is -2.48. The third-order valence-electron chi connectivity index (χ3n) is 3.78. The molecule has 98 valence electrons. The van der Waals surface area contributed by atoms with Gasteiger partial charge in [-0.15, -0.1) is 0 Å². The van der Waals surface area contributed by atoms with Crippen LogP contribution in [0.15, 0.2) is 0 Å². The van der Waals surface area contributed by atoms with Crippen LogP contribution in [-0.2, 0) is 9.53 Å². The normalized spacial score (nSPS) is 35.0. The van der Waals surface area contributed by atoms with Crippen molar-refractivity contribution in [3.63, 3.8) is 0 Å². The van der Waals surface area contributed by atoms with Crippen LogP contribution in [0.5, 0.6) is 0 Å². The van der Waals surface area contributed by atoms with Crippen LogP contribution in [0, 0.1) is 0 Å². The molecule has 1 saturated heterocycles. The van der Waals surface area contributed by atoms with Crippen molar-refractivity contribution in [1.82, 2.24) is 5.32 Å². The predicted molar refractivity (Wildman–Crippen MR) is 64.6 cm³/mol. The zero-order valence-corrected chi connectivity index (χ0v) is 10.4. The molecular formula is C13H23NO3. The summed E-state index contributed by atoms with van der Waals surface area (Å²) in [5, 5.41) is 12.9. The summed E-state index contributed by atoms with van der Waals surface area (Å²) < 4.78 is 5.45. The van der Waals surface area contributed by atoms with E-state index in [-0.39, 0.29) is 24.2 Å². The summed E-state index contributed by atoms with van der Waals surface area (Å²) in [5.41, 5.74) is 0. The van der Waals surface area contributed by atoms with E-state index in [0.717, 1.165) is 51.4 Å². The van der Waals surface area contributed by atoms with Crippen molar-refractivity contribution >= 4 is 5.91 Å². The van der Waals surface area contributed by atoms with E-state index in [1.54, 1.807) is 0 Å². The number of carbonyl (C=O) groups is 1. The van der Waals surface area contributed by atoms with Gasteiger partial charge in [0.2, 0.25) is 5.91 Å². The lowest BCUT2D eigenvalue weighted by atomic mass is 10.0. The molecule has 1 heterocycles. The lowest BCUT2D eigenvalue weighted by Gasteiger charge is -2.26. The standard InChI is InChI=1S/C13H23NO3/c15-11-7-3-1-2-6-10(11)14-13(16)12-8-4-5-9-17-12/h10-12,15H,1-9H2,(H,14,16). The number of rotatable bonds is 2. The Morgan fingerprint density at radius 1 is 1.06 bits per heavy atom. The van der Waals surface area contributed by atoms with Gasteiger partial charge in [-0.1, -0.05) is 19.3 Å². The maximum atomic E-state index is 12.0. The van der Waals surface area contributed by atoms with E-state index in [9.17, 15) is 9.90 Å². The minimum Gasteiger partial charge on any atom is -0.391 e. The zero-order chi connectivity index (χ0) is 12.1. The number of nitrogens with one attached hydrogen (secondary N) is 1. The van der Waals surface area contributed by atoms with Gasteiger partial charge in [-0.2, -0.15) is 0 Å². The summed E-state index contributed by atoms with van der Waals surface area (Å²) >= 11 is 0. The van der Waals surface area contributed by atoms with Crippen LogP contribution in [0.4, 0.5) is 0 Å². The topological polar surface area (TPSA) is 58.6 Å². The first-order chi connectivity index (χ1) is 8.27. The number of aliphatic hydroxyl groups is 1. The van der Waals surface area contributed by atoms with Crippen LogP contribution in [-0.4, -0.2) is 35.9 Å². The number of ether oxygens (including phenoxy) is 1. The summed E-state index contributed by atoms with van der Waals surface area (Å²) in [7, 11) is 0. The lowest BCUT2D eigenvalue weighted by molar-refractivity contribution is -0.137. The number of hydrogen-bond donors (Lipinski definition) is 2. The summed E-state index contributed by atoms with van der Waals surface area (Å²) in [6.07, 6.45) is 7.25. The molecule has 4 heteroatoms. The van der Waals surface area contributed by atoms with E-state index >= 15 is 0 Å². The average Bonchev–Trinajstić information content (AvgIpc) is 2.56. The van der Waals surface area contributed by atoms with Crippen LogP contribution in [0.2, 0.25) is 0 Å². The van der Waals surface area contributed by atoms with E-state index in [0.29, 0.717) is 6.61 Å². The van der Waals surface area contributed by atoms with Crippen LogP contribution in [0.3, 0.4) is 0 Å². The van der Waals surface area contributed by atoms with Gasteiger partial charge in [-0.3, -0.25) is 4.79 Å². The Morgan fingerprint density at radius 3 is 2.59 bits per heavy atom. The molecule has 2 fully saturated rings. The molecule has 17 heavy (non-hydrogen) atoms. The Hall–Kier alpha value is -0.610. The van der Waals surface area contributed by atoms with Crippen LogP contribution < -0.4 is 5.32 Å². The highest BCUT2D eigenvalue weighted by molar-refractivity contribution is 5.81. The highest BCUT2D eigenvalue weighted by Gasteiger charge is 2.28. The highest BCUT2D eigenvalue weighted by Crippen LogP contribution is 2.19. The zero-order valence-electron chi connectivity index (χ0n) is 10.4. The fraction of sp³-hybridized carbons (Fsp3) is 0.923. The van der Waals surface area contributed by atoms with Crippen molar-refractivity contribution in [3.05, 3.63) is 0 Å². The van der Waals surface area contributed by atoms with Crippen molar-refractivity contribution in [2.45, 2.75) is 69.6 Å². The van der Waals surface area contributed by atoms with Crippen molar-refractivity contribution in [1.29, 1.82) is 0 Å². The quantitative estimate of drug-likeness (QED) is 0.718. The number of aliphatic hydroxyl groups excluding tert-OH is 1. The van der Waals surface area contributed by atoms with Crippen LogP contribution in [0.25, 0.3) is 0 Å². The summed E-state index contributed by atoms with van der Waals surface area (Å²) in [6.45, 7) is 0.686. The van der Waals surface area contributed by atoms with E-state index in [1.165, 1.54) is 0 Å². The second-order valence-electron chi connectivity index (χ2n) is 5.18. The second kappa shape index (κ2) is 6.36. The van der Waals surface area contributed by atoms with Gasteiger partial charge in [0, 0.05) is 6.61 Å². The molecule has 0 aromatic rings. The fourth-order valence-electron chi connectivity index (χ4n) is 2.68. The molecule has 3 unspecified atom stereocenters. The van der Waals surface area contributed by atoms with Gasteiger partial charge in [0.05, 0.1) is 12.1 Å². The van der Waals surface area contributed by atoms with E-state index < -0.39 is 0 Å². The molecule has 2 rings (SSSR count). The Kier molecular flexibility index (Phi) is 4.80. The Balaban J connectivity index is 1.83. The second-order valence-corrected chi connectivity index (χ2v) is 5.18. The number of carbonyl (C=O) groups excluding carboxylic acids is 1. The molecule has 2 N–H and O–H groups in total. The van der Waals surface area contributed by atoms with Crippen molar-refractivity contribution in [3.8, 4) is 0 Å². The van der Waals surface area contributed by atoms with Gasteiger partial charge in [0.15, 0.2) is 0 Å². The van der Waals surface area contributed by atoms with Crippen molar-refractivity contribution in [2.75, 3.05) is 6.61 Å². The summed E-state index contributed by atoms with van der Waals surface area (Å²) in [4.78, 5) is 12.0. The number of hydrogen-bond acceptors (Lipinski definition) is 3. The molecule has 0 radical (unpaired) electrons. The van der Waals surface area contributed by atoms with Crippen molar-refractivity contribution in [2.24, 2.45) is 0 Å². The van der Waals surface area contributed by atoms with Crippen molar-refractivity contribution < 1.29 is 14.6 Å². The maximum absolute atomic E-state index is 12.0. The monoisotopic (exact) mass is 241 g/mol. The fourth-order valence-corrected chi connectivity index (χ4v) is 2.68. The minimum atomic E-state index is -0.384. The van der Waals surface area contributed by atoms with Gasteiger partial charge in [0.25, 0.3) is 0 Å². The van der Waals surface area contributed by atoms with E-state index in [2.05, 4.69) is 5.32 Å². The molecule has 0 bridgehead atoms. The van der Waals surface area contributed by atoms with Gasteiger partial charge in [0.1, 0.15) is 6.10 Å². The van der Waals surface area contributed by atoms with E-state index in [4.69, 9.17) is 4.74 Å². The smallest absolute Gasteiger partial charge is 0.249 e.